The summed E-state index contributed by atoms with van der Waals surface area (Å²) in [6.07, 6.45) is 4.48. The molecule has 0 aromatic heterocycles. The molecule has 0 radical (unpaired) electrons. The summed E-state index contributed by atoms with van der Waals surface area (Å²) in [6, 6.07) is 19.5. The van der Waals surface area contributed by atoms with Crippen molar-refractivity contribution in [3.63, 3.8) is 0 Å². The van der Waals surface area contributed by atoms with Crippen molar-refractivity contribution in [2.24, 2.45) is 0 Å². The highest BCUT2D eigenvalue weighted by molar-refractivity contribution is 5.51. The van der Waals surface area contributed by atoms with Gasteiger partial charge in [0, 0.05) is 0 Å². The lowest BCUT2D eigenvalue weighted by molar-refractivity contribution is 0.590. The highest BCUT2D eigenvalue weighted by Crippen LogP contribution is 2.23. The normalized spacial score (nSPS) is 13.6. The standard InChI is InChI=1S/C20H24/c1-16(18-8-6-5-7-9-18)10-11-17-12-14-19(15-13-17)20(2,3)4/h5-16H,1-4H3. The molecule has 0 aliphatic rings. The summed E-state index contributed by atoms with van der Waals surface area (Å²) in [5.41, 5.74) is 4.22. The second-order valence-corrected chi connectivity index (χ2v) is 6.43. The topological polar surface area (TPSA) is 0 Å². The van der Waals surface area contributed by atoms with Crippen molar-refractivity contribution in [1.29, 1.82) is 0 Å². The molecule has 0 fully saturated rings. The Bertz CT molecular complexity index is 553. The van der Waals surface area contributed by atoms with E-state index in [9.17, 15) is 0 Å². The molecule has 1 atom stereocenters. The summed E-state index contributed by atoms with van der Waals surface area (Å²) in [4.78, 5) is 0. The zero-order valence-electron chi connectivity index (χ0n) is 12.9. The van der Waals surface area contributed by atoms with Crippen molar-refractivity contribution in [1.82, 2.24) is 0 Å². The van der Waals surface area contributed by atoms with Crippen LogP contribution in [0.5, 0.6) is 0 Å². The van der Waals surface area contributed by atoms with E-state index in [-0.39, 0.29) is 5.41 Å². The van der Waals surface area contributed by atoms with E-state index in [0.717, 1.165) is 0 Å². The predicted molar refractivity (Wildman–Crippen MR) is 89.0 cm³/mol. The second kappa shape index (κ2) is 6.09. The molecule has 2 aromatic carbocycles. The summed E-state index contributed by atoms with van der Waals surface area (Å²) in [7, 11) is 0. The summed E-state index contributed by atoms with van der Waals surface area (Å²) in [5.74, 6) is 0.443. The van der Waals surface area contributed by atoms with E-state index in [0.29, 0.717) is 5.92 Å². The first-order valence-electron chi connectivity index (χ1n) is 7.30. The smallest absolute Gasteiger partial charge is 0.000711 e. The lowest BCUT2D eigenvalue weighted by atomic mass is 9.86. The number of rotatable bonds is 3. The van der Waals surface area contributed by atoms with E-state index in [2.05, 4.69) is 94.4 Å². The van der Waals surface area contributed by atoms with Gasteiger partial charge in [-0.1, -0.05) is 94.4 Å². The molecule has 0 saturated heterocycles. The van der Waals surface area contributed by atoms with Gasteiger partial charge in [-0.05, 0) is 28.0 Å². The van der Waals surface area contributed by atoms with Gasteiger partial charge in [-0.2, -0.15) is 0 Å². The van der Waals surface area contributed by atoms with Crippen LogP contribution in [0.2, 0.25) is 0 Å². The van der Waals surface area contributed by atoms with Crippen LogP contribution < -0.4 is 0 Å². The summed E-state index contributed by atoms with van der Waals surface area (Å²) in [6.45, 7) is 8.97. The van der Waals surface area contributed by atoms with Crippen LogP contribution in [0.25, 0.3) is 6.08 Å². The lowest BCUT2D eigenvalue weighted by Gasteiger charge is -2.18. The molecule has 0 nitrogen and oxygen atoms in total. The van der Waals surface area contributed by atoms with Gasteiger partial charge in [-0.15, -0.1) is 0 Å². The number of hydrogen-bond donors (Lipinski definition) is 0. The van der Waals surface area contributed by atoms with E-state index in [1.54, 1.807) is 0 Å². The van der Waals surface area contributed by atoms with Gasteiger partial charge in [0.25, 0.3) is 0 Å². The highest BCUT2D eigenvalue weighted by Gasteiger charge is 2.12. The summed E-state index contributed by atoms with van der Waals surface area (Å²) in [5, 5.41) is 0. The maximum atomic E-state index is 2.27. The van der Waals surface area contributed by atoms with Crippen LogP contribution in [-0.2, 0) is 5.41 Å². The van der Waals surface area contributed by atoms with Crippen LogP contribution >= 0.6 is 0 Å². The van der Waals surface area contributed by atoms with Gasteiger partial charge in [0.05, 0.1) is 0 Å². The van der Waals surface area contributed by atoms with Crippen LogP contribution in [0, 0.1) is 0 Å². The molecule has 0 bridgehead atoms. The molecule has 2 aromatic rings. The zero-order valence-corrected chi connectivity index (χ0v) is 12.9. The fraction of sp³-hybridized carbons (Fsp3) is 0.300. The predicted octanol–water partition coefficient (Wildman–Crippen LogP) is 5.80. The average molecular weight is 264 g/mol. The van der Waals surface area contributed by atoms with E-state index in [1.807, 2.05) is 0 Å². The molecular formula is C20H24. The van der Waals surface area contributed by atoms with Crippen LogP contribution in [0.1, 0.15) is 50.3 Å². The van der Waals surface area contributed by atoms with Gasteiger partial charge in [0.15, 0.2) is 0 Å². The SMILES string of the molecule is CC(C=Cc1ccc(C(C)(C)C)cc1)c1ccccc1. The van der Waals surface area contributed by atoms with Crippen molar-refractivity contribution in [2.75, 3.05) is 0 Å². The molecular weight excluding hydrogens is 240 g/mol. The van der Waals surface area contributed by atoms with E-state index in [4.69, 9.17) is 0 Å². The minimum atomic E-state index is 0.222. The average Bonchev–Trinajstić information content (AvgIpc) is 2.45. The third-order valence-corrected chi connectivity index (χ3v) is 3.68. The van der Waals surface area contributed by atoms with Crippen molar-refractivity contribution in [3.8, 4) is 0 Å². The Morgan fingerprint density at radius 2 is 1.45 bits per heavy atom. The largest absolute Gasteiger partial charge is 0.0767 e. The van der Waals surface area contributed by atoms with Crippen LogP contribution in [0.4, 0.5) is 0 Å². The fourth-order valence-electron chi connectivity index (χ4n) is 2.22. The van der Waals surface area contributed by atoms with E-state index in [1.165, 1.54) is 16.7 Å². The molecule has 0 saturated carbocycles. The van der Waals surface area contributed by atoms with Crippen molar-refractivity contribution >= 4 is 6.08 Å². The van der Waals surface area contributed by atoms with Gasteiger partial charge in [-0.25, -0.2) is 0 Å². The highest BCUT2D eigenvalue weighted by atomic mass is 14.2. The third-order valence-electron chi connectivity index (χ3n) is 3.68. The number of benzene rings is 2. The number of allylic oxidation sites excluding steroid dienone is 1. The van der Waals surface area contributed by atoms with Crippen molar-refractivity contribution < 1.29 is 0 Å². The van der Waals surface area contributed by atoms with Gasteiger partial charge in [0.1, 0.15) is 0 Å². The molecule has 2 rings (SSSR count). The summed E-state index contributed by atoms with van der Waals surface area (Å²) >= 11 is 0. The van der Waals surface area contributed by atoms with Crippen molar-refractivity contribution in [2.45, 2.75) is 39.0 Å². The Kier molecular flexibility index (Phi) is 4.44. The minimum Gasteiger partial charge on any atom is -0.0767 e. The minimum absolute atomic E-state index is 0.222. The molecule has 0 heterocycles. The molecule has 0 amide bonds. The Labute approximate surface area is 123 Å². The Balaban J connectivity index is 2.08. The first-order chi connectivity index (χ1) is 9.47. The van der Waals surface area contributed by atoms with Gasteiger partial charge in [-0.3, -0.25) is 0 Å². The van der Waals surface area contributed by atoms with E-state index < -0.39 is 0 Å². The molecule has 0 aliphatic carbocycles. The van der Waals surface area contributed by atoms with Crippen molar-refractivity contribution in [3.05, 3.63) is 77.4 Å². The Hall–Kier alpha value is -1.82. The fourth-order valence-corrected chi connectivity index (χ4v) is 2.22. The molecule has 20 heavy (non-hydrogen) atoms. The first-order valence-corrected chi connectivity index (χ1v) is 7.30. The molecule has 0 spiro atoms. The van der Waals surface area contributed by atoms with Gasteiger partial charge >= 0.3 is 0 Å². The third kappa shape index (κ3) is 3.84. The van der Waals surface area contributed by atoms with E-state index >= 15 is 0 Å². The quantitative estimate of drug-likeness (QED) is 0.657. The lowest BCUT2D eigenvalue weighted by Crippen LogP contribution is -2.10. The maximum absolute atomic E-state index is 2.27. The zero-order chi connectivity index (χ0) is 14.6. The molecule has 0 N–H and O–H groups in total. The molecule has 104 valence electrons. The summed E-state index contributed by atoms with van der Waals surface area (Å²) < 4.78 is 0. The molecule has 0 aliphatic heterocycles. The Morgan fingerprint density at radius 1 is 0.850 bits per heavy atom. The Morgan fingerprint density at radius 3 is 2.00 bits per heavy atom. The maximum Gasteiger partial charge on any atom is -0.000711 e. The molecule has 1 unspecified atom stereocenters. The van der Waals surface area contributed by atoms with Crippen LogP contribution in [0.15, 0.2) is 60.7 Å². The monoisotopic (exact) mass is 264 g/mol. The van der Waals surface area contributed by atoms with Crippen LogP contribution in [0.3, 0.4) is 0 Å². The number of hydrogen-bond acceptors (Lipinski definition) is 0. The van der Waals surface area contributed by atoms with Crippen LogP contribution in [-0.4, -0.2) is 0 Å². The van der Waals surface area contributed by atoms with Gasteiger partial charge in [0.2, 0.25) is 0 Å². The first kappa shape index (κ1) is 14.6. The van der Waals surface area contributed by atoms with Gasteiger partial charge < -0.3 is 0 Å². The molecule has 0 heteroatoms. The second-order valence-electron chi connectivity index (χ2n) is 6.43.